The zero-order chi connectivity index (χ0) is 14.0. The van der Waals surface area contributed by atoms with Crippen molar-refractivity contribution in [3.63, 3.8) is 0 Å². The fourth-order valence-corrected chi connectivity index (χ4v) is 1.61. The van der Waals surface area contributed by atoms with E-state index in [1.54, 1.807) is 24.3 Å². The van der Waals surface area contributed by atoms with Crippen LogP contribution >= 0.6 is 11.6 Å². The van der Waals surface area contributed by atoms with Crippen LogP contribution in [0.15, 0.2) is 47.0 Å². The Morgan fingerprint density at radius 3 is 2.05 bits per heavy atom. The summed E-state index contributed by atoms with van der Waals surface area (Å²) in [5.74, 6) is 0.0335. The molecule has 0 unspecified atom stereocenters. The van der Waals surface area contributed by atoms with E-state index in [2.05, 4.69) is 10.6 Å². The summed E-state index contributed by atoms with van der Waals surface area (Å²) in [5, 5.41) is 26.0. The minimum Gasteiger partial charge on any atom is -0.334 e. The predicted octanol–water partition coefficient (Wildman–Crippen LogP) is 2.33. The molecule has 1 aromatic rings. The largest absolute Gasteiger partial charge is 0.344 e. The fraction of sp³-hybridized carbons (Fsp3) is 0. The molecule has 0 aliphatic carbocycles. The number of hydrogen-bond donors (Lipinski definition) is 2. The van der Waals surface area contributed by atoms with Crippen molar-refractivity contribution in [3.8, 4) is 0 Å². The van der Waals surface area contributed by atoms with Gasteiger partial charge in [0.25, 0.3) is 0 Å². The highest BCUT2D eigenvalue weighted by Crippen LogP contribution is 2.31. The summed E-state index contributed by atoms with van der Waals surface area (Å²) in [7, 11) is 0. The number of benzene rings is 1. The topological polar surface area (TPSA) is 110 Å². The van der Waals surface area contributed by atoms with E-state index in [-0.39, 0.29) is 5.82 Å². The Morgan fingerprint density at radius 1 is 1.11 bits per heavy atom. The Hall–Kier alpha value is -2.61. The van der Waals surface area contributed by atoms with Gasteiger partial charge in [-0.3, -0.25) is 20.2 Å². The van der Waals surface area contributed by atoms with Gasteiger partial charge < -0.3 is 10.6 Å². The lowest BCUT2D eigenvalue weighted by molar-refractivity contribution is -0.428. The molecule has 0 atom stereocenters. The van der Waals surface area contributed by atoms with Gasteiger partial charge in [0.05, 0.1) is 21.2 Å². The smallest absolute Gasteiger partial charge is 0.334 e. The fourth-order valence-electron chi connectivity index (χ4n) is 1.51. The lowest BCUT2D eigenvalue weighted by Gasteiger charge is -1.99. The Bertz CT molecular complexity index is 599. The SMILES string of the molecule is O=[N+]([O-])C(/C=C(\Cl)[N+](=O)[O-])=C1Nc2ccccc2N1. The van der Waals surface area contributed by atoms with Crippen LogP contribution in [-0.2, 0) is 0 Å². The molecule has 8 nitrogen and oxygen atoms in total. The van der Waals surface area contributed by atoms with Crippen LogP contribution in [0.3, 0.4) is 0 Å². The maximum atomic E-state index is 10.9. The molecule has 0 radical (unpaired) electrons. The van der Waals surface area contributed by atoms with Crippen LogP contribution in [0.1, 0.15) is 0 Å². The molecule has 98 valence electrons. The summed E-state index contributed by atoms with van der Waals surface area (Å²) in [6, 6.07) is 6.93. The van der Waals surface area contributed by atoms with E-state index in [9.17, 15) is 20.2 Å². The molecule has 2 rings (SSSR count). The third-order valence-corrected chi connectivity index (χ3v) is 2.58. The standard InChI is InChI=1S/C10H7ClN4O4/c11-9(15(18)19)5-8(14(16)17)10-12-6-3-1-2-4-7(6)13-10/h1-5,12-13H/b9-5+. The highest BCUT2D eigenvalue weighted by Gasteiger charge is 2.25. The summed E-state index contributed by atoms with van der Waals surface area (Å²) in [5.41, 5.74) is 0.767. The van der Waals surface area contributed by atoms with Crippen LogP contribution in [0.2, 0.25) is 0 Å². The molecule has 1 aromatic carbocycles. The van der Waals surface area contributed by atoms with Crippen molar-refractivity contribution >= 4 is 23.0 Å². The van der Waals surface area contributed by atoms with Gasteiger partial charge >= 0.3 is 10.9 Å². The van der Waals surface area contributed by atoms with Gasteiger partial charge in [0, 0.05) is 0 Å². The molecule has 0 aromatic heterocycles. The van der Waals surface area contributed by atoms with E-state index >= 15 is 0 Å². The summed E-state index contributed by atoms with van der Waals surface area (Å²) in [6.07, 6.45) is 0.683. The average molecular weight is 283 g/mol. The summed E-state index contributed by atoms with van der Waals surface area (Å²) in [6.45, 7) is 0. The van der Waals surface area contributed by atoms with Gasteiger partial charge in [0.2, 0.25) is 0 Å². The average Bonchev–Trinajstić information content (AvgIpc) is 2.78. The van der Waals surface area contributed by atoms with Crippen LogP contribution in [0.5, 0.6) is 0 Å². The highest BCUT2D eigenvalue weighted by molar-refractivity contribution is 6.28. The Balaban J connectivity index is 2.42. The number of halogens is 1. The molecule has 0 saturated carbocycles. The van der Waals surface area contributed by atoms with Crippen molar-refractivity contribution in [3.05, 3.63) is 67.2 Å². The van der Waals surface area contributed by atoms with E-state index in [1.807, 2.05) is 0 Å². The molecule has 0 fully saturated rings. The van der Waals surface area contributed by atoms with Gasteiger partial charge in [-0.2, -0.15) is 0 Å². The lowest BCUT2D eigenvalue weighted by Crippen LogP contribution is -2.10. The number of rotatable bonds is 3. The van der Waals surface area contributed by atoms with Crippen molar-refractivity contribution in [2.24, 2.45) is 0 Å². The zero-order valence-electron chi connectivity index (χ0n) is 9.29. The summed E-state index contributed by atoms with van der Waals surface area (Å²) < 4.78 is 0. The van der Waals surface area contributed by atoms with E-state index in [1.165, 1.54) is 0 Å². The summed E-state index contributed by atoms with van der Waals surface area (Å²) in [4.78, 5) is 19.7. The van der Waals surface area contributed by atoms with Crippen LogP contribution < -0.4 is 10.6 Å². The maximum absolute atomic E-state index is 10.9. The Kier molecular flexibility index (Phi) is 3.34. The predicted molar refractivity (Wildman–Crippen MR) is 68.6 cm³/mol. The number of nitrogens with one attached hydrogen (secondary N) is 2. The molecule has 2 N–H and O–H groups in total. The van der Waals surface area contributed by atoms with Crippen molar-refractivity contribution in [1.82, 2.24) is 0 Å². The number of fused-ring (bicyclic) bond motifs is 1. The van der Waals surface area contributed by atoms with E-state index in [0.29, 0.717) is 17.5 Å². The van der Waals surface area contributed by atoms with Crippen LogP contribution in [-0.4, -0.2) is 9.85 Å². The van der Waals surface area contributed by atoms with Gasteiger partial charge in [-0.15, -0.1) is 0 Å². The zero-order valence-corrected chi connectivity index (χ0v) is 10.0. The van der Waals surface area contributed by atoms with E-state index in [4.69, 9.17) is 11.6 Å². The maximum Gasteiger partial charge on any atom is 0.344 e. The minimum atomic E-state index is -0.909. The molecule has 0 bridgehead atoms. The third kappa shape index (κ3) is 2.63. The van der Waals surface area contributed by atoms with E-state index in [0.717, 1.165) is 0 Å². The van der Waals surface area contributed by atoms with Gasteiger partial charge in [-0.1, -0.05) is 12.1 Å². The molecule has 9 heteroatoms. The first-order valence-electron chi connectivity index (χ1n) is 5.02. The van der Waals surface area contributed by atoms with E-state index < -0.39 is 20.7 Å². The summed E-state index contributed by atoms with van der Waals surface area (Å²) >= 11 is 5.31. The Morgan fingerprint density at radius 2 is 1.63 bits per heavy atom. The monoisotopic (exact) mass is 282 g/mol. The first-order valence-corrected chi connectivity index (χ1v) is 5.40. The number of hydrogen-bond acceptors (Lipinski definition) is 6. The number of anilines is 2. The molecule has 1 heterocycles. The molecule has 1 aliphatic rings. The van der Waals surface area contributed by atoms with Gasteiger partial charge in [0.1, 0.15) is 6.08 Å². The quantitative estimate of drug-likeness (QED) is 0.500. The highest BCUT2D eigenvalue weighted by atomic mass is 35.5. The van der Waals surface area contributed by atoms with Gasteiger partial charge in [-0.05, 0) is 23.7 Å². The number of nitrogens with zero attached hydrogens (tertiary/aromatic N) is 2. The third-order valence-electron chi connectivity index (χ3n) is 2.33. The van der Waals surface area contributed by atoms with Crippen molar-refractivity contribution in [2.45, 2.75) is 0 Å². The molecular weight excluding hydrogens is 276 g/mol. The van der Waals surface area contributed by atoms with Crippen molar-refractivity contribution in [1.29, 1.82) is 0 Å². The molecular formula is C10H7ClN4O4. The molecule has 0 amide bonds. The normalized spacial score (nSPS) is 13.3. The lowest BCUT2D eigenvalue weighted by atomic mass is 10.3. The minimum absolute atomic E-state index is 0.0335. The second-order valence-corrected chi connectivity index (χ2v) is 3.92. The molecule has 19 heavy (non-hydrogen) atoms. The van der Waals surface area contributed by atoms with Gasteiger partial charge in [0.15, 0.2) is 5.82 Å². The van der Waals surface area contributed by atoms with Crippen LogP contribution in [0, 0.1) is 20.2 Å². The Labute approximate surface area is 111 Å². The molecule has 0 spiro atoms. The van der Waals surface area contributed by atoms with Crippen molar-refractivity contribution < 1.29 is 9.85 Å². The van der Waals surface area contributed by atoms with Gasteiger partial charge in [-0.25, -0.2) is 0 Å². The van der Waals surface area contributed by atoms with Crippen LogP contribution in [0.4, 0.5) is 11.4 Å². The number of nitro groups is 2. The van der Waals surface area contributed by atoms with Crippen molar-refractivity contribution in [2.75, 3.05) is 10.6 Å². The first kappa shape index (κ1) is 12.8. The molecule has 1 aliphatic heterocycles. The second kappa shape index (κ2) is 4.94. The van der Waals surface area contributed by atoms with Crippen LogP contribution in [0.25, 0.3) is 0 Å². The molecule has 0 saturated heterocycles. The second-order valence-electron chi connectivity index (χ2n) is 3.54. The first-order chi connectivity index (χ1) is 8.99. The number of allylic oxidation sites excluding steroid dienone is 1. The number of para-hydroxylation sites is 2.